The van der Waals surface area contributed by atoms with Gasteiger partial charge in [0.15, 0.2) is 6.17 Å². The predicted molar refractivity (Wildman–Crippen MR) is 264 cm³/mol. The summed E-state index contributed by atoms with van der Waals surface area (Å²) in [5.41, 5.74) is 4.93. The number of amidine groups is 5. The van der Waals surface area contributed by atoms with E-state index >= 15 is 0 Å². The van der Waals surface area contributed by atoms with Crippen LogP contribution in [0.1, 0.15) is 0 Å². The topological polar surface area (TPSA) is 453 Å². The molecule has 2 aromatic heterocycles. The van der Waals surface area contributed by atoms with E-state index in [1.165, 1.54) is 36.4 Å². The van der Waals surface area contributed by atoms with Crippen LogP contribution in [0.2, 0.25) is 5.28 Å². The number of nitrogen functional groups attached to an aromatic ring is 1. The number of hydrogen-bond acceptors (Lipinski definition) is 26. The number of aliphatic imine (C=N–C) groups is 5. The standard InChI is InChI=1S/C41H33ClN14O14S5.4Na/c42-39-53-40(43)55-41(54-39)44-16-1-10-30(75(68,69)70)29(11-16)56-71(57,58)17-2-6-21-25(12-17)35-46-31(21)45-32-22-7-3-18(72(59,60)61)13-26(22)36(47-32)49-34-24-9-5-20(74(65,66)67)15-28(24)38(51-34)52-37-27-14-19(73(62,63)64)4-8-23(27)33(48-35)50-37;;;;/h1-15,21,23-25,27-28,33,47,56H,(H,45,46,48)(H,59,60,61)(H,62,63,64)(H,65,66,67)(H,68,69,70)(H,49,50,51,52)(H3,43,44,53,54,55);;;;/q;4*+1/p-4. The number of nitrogens with zero attached hydrogens (tertiary/aromatic N) is 8. The van der Waals surface area contributed by atoms with Gasteiger partial charge in [0.2, 0.25) is 17.2 Å². The zero-order valence-electron chi connectivity index (χ0n) is 41.0. The Bertz CT molecular complexity index is 4240. The number of aromatic nitrogens is 4. The number of aromatic amines is 1. The summed E-state index contributed by atoms with van der Waals surface area (Å²) >= 11 is 5.88. The Balaban J connectivity index is 0.00000226. The van der Waals surface area contributed by atoms with E-state index in [4.69, 9.17) is 42.3 Å². The number of hydrogen-bond donors (Lipinski definition) is 6. The molecule has 7 aliphatic rings. The van der Waals surface area contributed by atoms with Crippen molar-refractivity contribution in [1.82, 2.24) is 30.6 Å². The molecule has 0 saturated carbocycles. The molecule has 0 spiro atoms. The Morgan fingerprint density at radius 1 is 0.570 bits per heavy atom. The number of nitrogens with one attached hydrogen (secondary N) is 5. The maximum atomic E-state index is 14.4. The minimum absolute atomic E-state index is 0. The van der Waals surface area contributed by atoms with Crippen molar-refractivity contribution in [3.8, 4) is 0 Å². The van der Waals surface area contributed by atoms with Gasteiger partial charge in [-0.25, -0.2) is 67.1 Å². The quantitative estimate of drug-likeness (QED) is 0.0669. The van der Waals surface area contributed by atoms with Gasteiger partial charge in [-0.1, -0.05) is 36.5 Å². The van der Waals surface area contributed by atoms with Crippen molar-refractivity contribution in [1.29, 1.82) is 0 Å². The number of benzene rings is 2. The SMILES string of the molecule is Nc1nc(Cl)nc(Nc2ccc(S(=O)(=O)[O-])c(NS(=O)(=O)C3=CC4C5=NC6N=C(N=C7NC(=Nc8[nH]c(c9ccc(S(=O)(=O)[O-])cc89)N=C(N5)C4C=C3)C3C=CC(S(=O)(=O)[O-])=CC73)C3C=C(S(=O)(=O)[O-])C=CC63)c2)n1.[Na+].[Na+].[Na+].[Na+]. The molecule has 8 bridgehead atoms. The first-order valence-corrected chi connectivity index (χ1v) is 28.9. The molecule has 0 radical (unpaired) electrons. The van der Waals surface area contributed by atoms with E-state index in [9.17, 15) is 60.3 Å². The minimum atomic E-state index is -5.34. The summed E-state index contributed by atoms with van der Waals surface area (Å²) in [6, 6.07) is 6.35. The van der Waals surface area contributed by atoms with Crippen LogP contribution in [-0.4, -0.2) is 116 Å². The average Bonchev–Trinajstić information content (AvgIpc) is 4.18. The number of H-pyrrole nitrogens is 1. The predicted octanol–water partition coefficient (Wildman–Crippen LogP) is -10.4. The third-order valence-corrected chi connectivity index (χ3v) is 17.6. The van der Waals surface area contributed by atoms with Crippen molar-refractivity contribution >= 4 is 137 Å². The van der Waals surface area contributed by atoms with E-state index in [1.54, 1.807) is 0 Å². The van der Waals surface area contributed by atoms with Crippen molar-refractivity contribution in [2.75, 3.05) is 15.8 Å². The molecule has 11 rings (SSSR count). The van der Waals surface area contributed by atoms with Crippen LogP contribution in [0.15, 0.2) is 141 Å². The Hall–Kier alpha value is -3.34. The normalized spacial score (nSPS) is 23.7. The fourth-order valence-corrected chi connectivity index (χ4v) is 12.9. The van der Waals surface area contributed by atoms with Crippen molar-refractivity contribution in [2.24, 2.45) is 60.5 Å². The summed E-state index contributed by atoms with van der Waals surface area (Å²) in [4.78, 5) is 35.0. The van der Waals surface area contributed by atoms with Gasteiger partial charge in [0, 0.05) is 52.0 Å². The van der Waals surface area contributed by atoms with Gasteiger partial charge in [0.25, 0.3) is 10.0 Å². The molecule has 38 heteroatoms. The second-order valence-electron chi connectivity index (χ2n) is 17.2. The summed E-state index contributed by atoms with van der Waals surface area (Å²) < 4.78 is 179. The number of sulfonamides is 1. The first kappa shape index (κ1) is 63.2. The van der Waals surface area contributed by atoms with E-state index in [-0.39, 0.29) is 193 Å². The fraction of sp³-hybridized carbons (Fsp3) is 0.171. The van der Waals surface area contributed by atoms with Gasteiger partial charge in [0.1, 0.15) is 81.3 Å². The van der Waals surface area contributed by atoms with Crippen LogP contribution in [0.4, 0.5) is 34.9 Å². The van der Waals surface area contributed by atoms with Crippen LogP contribution in [0, 0.1) is 35.5 Å². The third kappa shape index (κ3) is 12.6. The number of fused-ring (bicyclic) bond motifs is 19. The van der Waals surface area contributed by atoms with Crippen LogP contribution in [0.5, 0.6) is 0 Å². The zero-order valence-corrected chi connectivity index (χ0v) is 53.8. The molecule has 4 aromatic rings. The summed E-state index contributed by atoms with van der Waals surface area (Å²) in [6.45, 7) is 0. The molecule has 3 aliphatic carbocycles. The summed E-state index contributed by atoms with van der Waals surface area (Å²) in [6.07, 6.45) is 9.80. The van der Waals surface area contributed by atoms with E-state index in [1.807, 2.05) is 0 Å². The van der Waals surface area contributed by atoms with Crippen molar-refractivity contribution < 1.29 is 179 Å². The molecule has 7 atom stereocenters. The van der Waals surface area contributed by atoms with Crippen LogP contribution in [0.3, 0.4) is 0 Å². The second-order valence-corrected chi connectivity index (χ2v) is 24.7. The van der Waals surface area contributed by atoms with E-state index in [0.29, 0.717) is 0 Å². The minimum Gasteiger partial charge on any atom is -0.744 e. The van der Waals surface area contributed by atoms with Crippen LogP contribution >= 0.6 is 11.6 Å². The Kier molecular flexibility index (Phi) is 18.4. The van der Waals surface area contributed by atoms with Gasteiger partial charge in [-0.3, -0.25) is 4.72 Å². The zero-order chi connectivity index (χ0) is 53.3. The molecular weight excluding hydrogens is 1200 g/mol. The van der Waals surface area contributed by atoms with Crippen molar-refractivity contribution in [2.45, 2.75) is 16.0 Å². The van der Waals surface area contributed by atoms with Gasteiger partial charge in [-0.15, -0.1) is 0 Å². The molecule has 0 amide bonds. The molecule has 79 heavy (non-hydrogen) atoms. The first-order chi connectivity index (χ1) is 35.2. The van der Waals surface area contributed by atoms with Gasteiger partial charge in [-0.05, 0) is 66.2 Å². The van der Waals surface area contributed by atoms with Crippen LogP contribution in [0.25, 0.3) is 10.8 Å². The molecule has 2 saturated heterocycles. The van der Waals surface area contributed by atoms with Gasteiger partial charge >= 0.3 is 118 Å². The fourth-order valence-electron chi connectivity index (χ4n) is 9.26. The largest absolute Gasteiger partial charge is 1.00 e. The van der Waals surface area contributed by atoms with Crippen LogP contribution in [-0.2, 0) is 50.5 Å². The molecule has 28 nitrogen and oxygen atoms in total. The number of halogens is 1. The molecule has 7 unspecified atom stereocenters. The third-order valence-electron chi connectivity index (χ3n) is 12.6. The molecule has 388 valence electrons. The number of anilines is 4. The Morgan fingerprint density at radius 2 is 1.14 bits per heavy atom. The number of allylic oxidation sites excluding steroid dienone is 3. The van der Waals surface area contributed by atoms with E-state index < -0.39 is 122 Å². The first-order valence-electron chi connectivity index (χ1n) is 21.4. The van der Waals surface area contributed by atoms with Crippen molar-refractivity contribution in [3.63, 3.8) is 0 Å². The Labute approximate surface area is 542 Å². The molecule has 2 fully saturated rings. The average molecular weight is 1230 g/mol. The molecule has 6 heterocycles. The summed E-state index contributed by atoms with van der Waals surface area (Å²) in [7, 11) is -25.3. The monoisotopic (exact) mass is 1230 g/mol. The van der Waals surface area contributed by atoms with Crippen molar-refractivity contribution in [3.05, 3.63) is 111 Å². The maximum Gasteiger partial charge on any atom is 1.00 e. The molecular formula is C41H29ClN14Na4O14S5. The van der Waals surface area contributed by atoms with E-state index in [2.05, 4.69) is 40.6 Å². The van der Waals surface area contributed by atoms with E-state index in [0.717, 1.165) is 54.6 Å². The number of rotatable bonds is 9. The van der Waals surface area contributed by atoms with Gasteiger partial charge in [-0.2, -0.15) is 15.0 Å². The summed E-state index contributed by atoms with van der Waals surface area (Å²) in [5.74, 6) is -6.42. The van der Waals surface area contributed by atoms with Gasteiger partial charge < -0.3 is 44.9 Å². The number of nitrogens with two attached hydrogens (primary N) is 1. The molecule has 7 N–H and O–H groups in total. The maximum absolute atomic E-state index is 14.4. The smallest absolute Gasteiger partial charge is 0.744 e. The van der Waals surface area contributed by atoms with Gasteiger partial charge in [0.05, 0.1) is 30.2 Å². The Morgan fingerprint density at radius 3 is 1.76 bits per heavy atom. The molecule has 2 aromatic carbocycles. The van der Waals surface area contributed by atoms with Crippen LogP contribution < -0.4 is 145 Å². The second kappa shape index (κ2) is 23.0. The molecule has 4 aliphatic heterocycles. The summed E-state index contributed by atoms with van der Waals surface area (Å²) in [5, 5.41) is 8.79.